The SMILES string of the molecule is CC(=O)O.NC1CCn2cccc2C1. The molecule has 1 aromatic heterocycles. The van der Waals surface area contributed by atoms with E-state index in [0.717, 1.165) is 26.3 Å². The third-order valence-corrected chi connectivity index (χ3v) is 2.14. The van der Waals surface area contributed by atoms with Gasteiger partial charge in [-0.2, -0.15) is 0 Å². The number of hydrogen-bond donors (Lipinski definition) is 2. The summed E-state index contributed by atoms with van der Waals surface area (Å²) in [4.78, 5) is 9.00. The Bertz CT molecular complexity index is 303. The lowest BCUT2D eigenvalue weighted by molar-refractivity contribution is -0.134. The maximum Gasteiger partial charge on any atom is 0.300 e. The Morgan fingerprint density at radius 1 is 1.71 bits per heavy atom. The van der Waals surface area contributed by atoms with Crippen molar-refractivity contribution in [3.05, 3.63) is 24.0 Å². The Morgan fingerprint density at radius 2 is 2.36 bits per heavy atom. The van der Waals surface area contributed by atoms with Gasteiger partial charge in [0.1, 0.15) is 0 Å². The number of nitrogens with two attached hydrogens (primary N) is 1. The van der Waals surface area contributed by atoms with Crippen LogP contribution in [0.15, 0.2) is 18.3 Å². The van der Waals surface area contributed by atoms with Crippen LogP contribution in [0, 0.1) is 0 Å². The number of nitrogens with zero attached hydrogens (tertiary/aromatic N) is 1. The average molecular weight is 196 g/mol. The highest BCUT2D eigenvalue weighted by molar-refractivity contribution is 5.62. The van der Waals surface area contributed by atoms with Gasteiger partial charge in [-0.15, -0.1) is 0 Å². The van der Waals surface area contributed by atoms with E-state index in [-0.39, 0.29) is 0 Å². The van der Waals surface area contributed by atoms with Crippen molar-refractivity contribution in [3.63, 3.8) is 0 Å². The van der Waals surface area contributed by atoms with Crippen LogP contribution in [0.1, 0.15) is 19.0 Å². The van der Waals surface area contributed by atoms with Gasteiger partial charge in [-0.3, -0.25) is 4.79 Å². The minimum atomic E-state index is -0.833. The van der Waals surface area contributed by atoms with Gasteiger partial charge in [-0.25, -0.2) is 0 Å². The summed E-state index contributed by atoms with van der Waals surface area (Å²) in [6, 6.07) is 4.63. The number of aryl methyl sites for hydroxylation is 1. The maximum atomic E-state index is 9.00. The first kappa shape index (κ1) is 10.8. The van der Waals surface area contributed by atoms with Gasteiger partial charge in [-0.05, 0) is 18.6 Å². The first-order valence-corrected chi connectivity index (χ1v) is 4.68. The molecule has 0 radical (unpaired) electrons. The quantitative estimate of drug-likeness (QED) is 0.646. The molecule has 1 aliphatic heterocycles. The smallest absolute Gasteiger partial charge is 0.300 e. The Morgan fingerprint density at radius 3 is 3.00 bits per heavy atom. The number of aromatic nitrogens is 1. The van der Waals surface area contributed by atoms with Crippen LogP contribution in [0.3, 0.4) is 0 Å². The van der Waals surface area contributed by atoms with Gasteiger partial charge >= 0.3 is 0 Å². The molecule has 0 saturated heterocycles. The lowest BCUT2D eigenvalue weighted by atomic mass is 10.1. The van der Waals surface area contributed by atoms with Crippen LogP contribution in [0.4, 0.5) is 0 Å². The number of fused-ring (bicyclic) bond motifs is 1. The first-order valence-electron chi connectivity index (χ1n) is 4.68. The average Bonchev–Trinajstić information content (AvgIpc) is 2.49. The molecule has 1 unspecified atom stereocenters. The normalized spacial score (nSPS) is 19.1. The Hall–Kier alpha value is -1.29. The topological polar surface area (TPSA) is 68.2 Å². The molecule has 78 valence electrons. The van der Waals surface area contributed by atoms with Gasteiger partial charge in [-0.1, -0.05) is 0 Å². The Balaban J connectivity index is 0.000000213. The van der Waals surface area contributed by atoms with Crippen molar-refractivity contribution >= 4 is 5.97 Å². The number of hydrogen-bond acceptors (Lipinski definition) is 2. The van der Waals surface area contributed by atoms with Gasteiger partial charge < -0.3 is 15.4 Å². The number of carboxylic acids is 1. The van der Waals surface area contributed by atoms with Gasteiger partial charge in [0.2, 0.25) is 0 Å². The Kier molecular flexibility index (Phi) is 3.71. The molecule has 1 aromatic rings. The fraction of sp³-hybridized carbons (Fsp3) is 0.500. The molecule has 1 atom stereocenters. The zero-order chi connectivity index (χ0) is 10.6. The molecule has 0 fully saturated rings. The summed E-state index contributed by atoms with van der Waals surface area (Å²) in [6.07, 6.45) is 4.30. The summed E-state index contributed by atoms with van der Waals surface area (Å²) >= 11 is 0. The van der Waals surface area contributed by atoms with Gasteiger partial charge in [0, 0.05) is 37.8 Å². The molecular formula is C10H16N2O2. The van der Waals surface area contributed by atoms with Crippen molar-refractivity contribution in [1.29, 1.82) is 0 Å². The van der Waals surface area contributed by atoms with E-state index in [4.69, 9.17) is 15.6 Å². The lowest BCUT2D eigenvalue weighted by Gasteiger charge is -2.20. The van der Waals surface area contributed by atoms with E-state index in [0.29, 0.717) is 6.04 Å². The van der Waals surface area contributed by atoms with Crippen molar-refractivity contribution in [3.8, 4) is 0 Å². The van der Waals surface area contributed by atoms with E-state index in [1.54, 1.807) is 0 Å². The second-order valence-corrected chi connectivity index (χ2v) is 3.46. The van der Waals surface area contributed by atoms with Crippen LogP contribution in [0.2, 0.25) is 0 Å². The minimum Gasteiger partial charge on any atom is -0.481 e. The molecule has 0 aromatic carbocycles. The summed E-state index contributed by atoms with van der Waals surface area (Å²) < 4.78 is 2.28. The van der Waals surface area contributed by atoms with E-state index >= 15 is 0 Å². The summed E-state index contributed by atoms with van der Waals surface area (Å²) in [7, 11) is 0. The summed E-state index contributed by atoms with van der Waals surface area (Å²) in [5, 5.41) is 7.42. The van der Waals surface area contributed by atoms with Crippen molar-refractivity contribution in [2.75, 3.05) is 0 Å². The van der Waals surface area contributed by atoms with Crippen LogP contribution in [0.25, 0.3) is 0 Å². The minimum absolute atomic E-state index is 0.391. The van der Waals surface area contributed by atoms with Crippen LogP contribution < -0.4 is 5.73 Å². The van der Waals surface area contributed by atoms with E-state index in [9.17, 15) is 0 Å². The molecule has 0 saturated carbocycles. The standard InChI is InChI=1S/C8H12N2.C2H4O2/c9-7-3-5-10-4-1-2-8(10)6-7;1-2(3)4/h1-2,4,7H,3,5-6,9H2;1H3,(H,3,4). The third-order valence-electron chi connectivity index (χ3n) is 2.14. The second kappa shape index (κ2) is 4.81. The molecule has 14 heavy (non-hydrogen) atoms. The zero-order valence-corrected chi connectivity index (χ0v) is 8.31. The van der Waals surface area contributed by atoms with E-state index in [1.807, 2.05) is 0 Å². The van der Waals surface area contributed by atoms with Crippen molar-refractivity contribution in [2.24, 2.45) is 5.73 Å². The van der Waals surface area contributed by atoms with Gasteiger partial charge in [0.25, 0.3) is 5.97 Å². The first-order chi connectivity index (χ1) is 6.59. The fourth-order valence-corrected chi connectivity index (χ4v) is 1.53. The molecular weight excluding hydrogens is 180 g/mol. The molecule has 0 aliphatic carbocycles. The highest BCUT2D eigenvalue weighted by Gasteiger charge is 2.12. The maximum absolute atomic E-state index is 9.00. The van der Waals surface area contributed by atoms with Crippen molar-refractivity contribution in [1.82, 2.24) is 4.57 Å². The number of carbonyl (C=O) groups is 1. The molecule has 2 heterocycles. The third kappa shape index (κ3) is 3.22. The summed E-state index contributed by atoms with van der Waals surface area (Å²) in [5.74, 6) is -0.833. The molecule has 2 rings (SSSR count). The molecule has 0 amide bonds. The highest BCUT2D eigenvalue weighted by Crippen LogP contribution is 2.13. The van der Waals surface area contributed by atoms with Crippen LogP contribution in [-0.4, -0.2) is 21.7 Å². The Labute approximate surface area is 83.3 Å². The van der Waals surface area contributed by atoms with Crippen LogP contribution >= 0.6 is 0 Å². The number of rotatable bonds is 0. The van der Waals surface area contributed by atoms with E-state index in [1.165, 1.54) is 5.69 Å². The van der Waals surface area contributed by atoms with Crippen LogP contribution in [0.5, 0.6) is 0 Å². The van der Waals surface area contributed by atoms with Crippen molar-refractivity contribution < 1.29 is 9.90 Å². The molecule has 0 spiro atoms. The molecule has 4 nitrogen and oxygen atoms in total. The van der Waals surface area contributed by atoms with E-state index < -0.39 is 5.97 Å². The zero-order valence-electron chi connectivity index (χ0n) is 8.31. The van der Waals surface area contributed by atoms with Gasteiger partial charge in [0.15, 0.2) is 0 Å². The number of aliphatic carboxylic acids is 1. The predicted octanol–water partition coefficient (Wildman–Crippen LogP) is 0.852. The molecule has 4 heteroatoms. The summed E-state index contributed by atoms with van der Waals surface area (Å²) in [6.45, 7) is 2.18. The monoisotopic (exact) mass is 196 g/mol. The van der Waals surface area contributed by atoms with Gasteiger partial charge in [0.05, 0.1) is 0 Å². The fourth-order valence-electron chi connectivity index (χ4n) is 1.53. The highest BCUT2D eigenvalue weighted by atomic mass is 16.4. The van der Waals surface area contributed by atoms with E-state index in [2.05, 4.69) is 22.9 Å². The molecule has 3 N–H and O–H groups in total. The molecule has 0 bridgehead atoms. The van der Waals surface area contributed by atoms with Crippen LogP contribution in [-0.2, 0) is 17.8 Å². The number of carboxylic acid groups (broad SMARTS) is 1. The predicted molar refractivity (Wildman–Crippen MR) is 54.0 cm³/mol. The molecule has 1 aliphatic rings. The lowest BCUT2D eigenvalue weighted by Crippen LogP contribution is -2.30. The van der Waals surface area contributed by atoms with Crippen molar-refractivity contribution in [2.45, 2.75) is 32.4 Å². The summed E-state index contributed by atoms with van der Waals surface area (Å²) in [5.41, 5.74) is 7.18. The second-order valence-electron chi connectivity index (χ2n) is 3.46. The largest absolute Gasteiger partial charge is 0.481 e.